The van der Waals surface area contributed by atoms with Gasteiger partial charge in [-0.15, -0.1) is 0 Å². The fourth-order valence-corrected chi connectivity index (χ4v) is 0.757. The summed E-state index contributed by atoms with van der Waals surface area (Å²) in [6, 6.07) is 0. The standard InChI is InChI=1S/C10H12F4O5/c1-6(2)7(15)18-3-4-19-8(16)9(17,5-11)10(12,13)14/h17H,1,3-5H2,2H3. The molecule has 1 unspecified atom stereocenters. The van der Waals surface area contributed by atoms with Crippen molar-refractivity contribution in [2.75, 3.05) is 19.9 Å². The molecule has 0 aliphatic rings. The minimum Gasteiger partial charge on any atom is -0.460 e. The zero-order valence-corrected chi connectivity index (χ0v) is 9.92. The maximum Gasteiger partial charge on any atom is 0.430 e. The van der Waals surface area contributed by atoms with Crippen LogP contribution < -0.4 is 0 Å². The summed E-state index contributed by atoms with van der Waals surface area (Å²) in [6.07, 6.45) is -5.51. The molecule has 0 saturated carbocycles. The minimum atomic E-state index is -5.51. The second-order valence-electron chi connectivity index (χ2n) is 3.54. The minimum absolute atomic E-state index is 0.0434. The molecule has 5 nitrogen and oxygen atoms in total. The molecule has 0 aromatic rings. The van der Waals surface area contributed by atoms with Gasteiger partial charge in [0.2, 0.25) is 0 Å². The van der Waals surface area contributed by atoms with Crippen LogP contribution in [0.4, 0.5) is 17.6 Å². The fourth-order valence-electron chi connectivity index (χ4n) is 0.757. The number of hydrogen-bond acceptors (Lipinski definition) is 5. The summed E-state index contributed by atoms with van der Waals surface area (Å²) >= 11 is 0. The molecular weight excluding hydrogens is 276 g/mol. The van der Waals surface area contributed by atoms with E-state index < -0.39 is 43.6 Å². The molecule has 0 rings (SSSR count). The van der Waals surface area contributed by atoms with Crippen molar-refractivity contribution in [3.8, 4) is 0 Å². The number of carbonyl (C=O) groups excluding carboxylic acids is 2. The topological polar surface area (TPSA) is 72.8 Å². The Morgan fingerprint density at radius 1 is 1.21 bits per heavy atom. The Morgan fingerprint density at radius 3 is 2.05 bits per heavy atom. The van der Waals surface area contributed by atoms with E-state index in [-0.39, 0.29) is 5.57 Å². The molecule has 0 radical (unpaired) electrons. The number of carbonyl (C=O) groups is 2. The summed E-state index contributed by atoms with van der Waals surface area (Å²) in [6.45, 7) is 0.894. The Kier molecular flexibility index (Phi) is 5.94. The monoisotopic (exact) mass is 288 g/mol. The van der Waals surface area contributed by atoms with Gasteiger partial charge >= 0.3 is 18.1 Å². The quantitative estimate of drug-likeness (QED) is 0.340. The van der Waals surface area contributed by atoms with E-state index in [4.69, 9.17) is 5.11 Å². The molecule has 0 bridgehead atoms. The Labute approximate surface area is 105 Å². The third-order valence-electron chi connectivity index (χ3n) is 1.90. The van der Waals surface area contributed by atoms with Gasteiger partial charge in [0.15, 0.2) is 0 Å². The number of hydrogen-bond donors (Lipinski definition) is 1. The van der Waals surface area contributed by atoms with Gasteiger partial charge in [-0.1, -0.05) is 6.58 Å². The van der Waals surface area contributed by atoms with Crippen LogP contribution in [0.15, 0.2) is 12.2 Å². The Morgan fingerprint density at radius 2 is 1.68 bits per heavy atom. The molecule has 0 aliphatic heterocycles. The van der Waals surface area contributed by atoms with Crippen molar-refractivity contribution >= 4 is 11.9 Å². The number of alkyl halides is 4. The van der Waals surface area contributed by atoms with E-state index in [0.29, 0.717) is 0 Å². The highest BCUT2D eigenvalue weighted by Gasteiger charge is 2.61. The first-order valence-electron chi connectivity index (χ1n) is 4.91. The molecule has 0 aromatic carbocycles. The van der Waals surface area contributed by atoms with E-state index in [1.54, 1.807) is 0 Å². The first kappa shape index (κ1) is 17.4. The van der Waals surface area contributed by atoms with Gasteiger partial charge in [0.05, 0.1) is 0 Å². The van der Waals surface area contributed by atoms with Crippen LogP contribution in [0, 0.1) is 0 Å². The van der Waals surface area contributed by atoms with Gasteiger partial charge in [-0.2, -0.15) is 13.2 Å². The maximum absolute atomic E-state index is 12.2. The maximum atomic E-state index is 12.2. The van der Waals surface area contributed by atoms with E-state index >= 15 is 0 Å². The van der Waals surface area contributed by atoms with E-state index in [2.05, 4.69) is 16.1 Å². The zero-order chi connectivity index (χ0) is 15.3. The molecule has 9 heteroatoms. The van der Waals surface area contributed by atoms with Crippen molar-refractivity contribution in [1.29, 1.82) is 0 Å². The Bertz CT molecular complexity index is 365. The van der Waals surface area contributed by atoms with Gasteiger partial charge in [-0.05, 0) is 6.92 Å². The molecule has 0 aromatic heterocycles. The number of aliphatic hydroxyl groups is 1. The molecule has 0 fully saturated rings. The number of rotatable bonds is 6. The Balaban J connectivity index is 4.32. The summed E-state index contributed by atoms with van der Waals surface area (Å²) in [5, 5.41) is 8.83. The van der Waals surface area contributed by atoms with E-state index in [9.17, 15) is 27.2 Å². The number of halogens is 4. The van der Waals surface area contributed by atoms with E-state index in [1.807, 2.05) is 0 Å². The van der Waals surface area contributed by atoms with Gasteiger partial charge in [0, 0.05) is 5.57 Å². The van der Waals surface area contributed by atoms with Gasteiger partial charge in [-0.3, -0.25) is 0 Å². The molecule has 0 heterocycles. The van der Waals surface area contributed by atoms with Crippen molar-refractivity contribution in [1.82, 2.24) is 0 Å². The van der Waals surface area contributed by atoms with Crippen LogP contribution in [-0.4, -0.2) is 48.7 Å². The highest BCUT2D eigenvalue weighted by Crippen LogP contribution is 2.31. The predicted octanol–water partition coefficient (Wildman–Crippen LogP) is 0.912. The second-order valence-corrected chi connectivity index (χ2v) is 3.54. The average Bonchev–Trinajstić information content (AvgIpc) is 2.31. The molecule has 110 valence electrons. The summed E-state index contributed by atoms with van der Waals surface area (Å²) in [4.78, 5) is 21.8. The normalized spacial score (nSPS) is 14.4. The fraction of sp³-hybridized carbons (Fsp3) is 0.600. The van der Waals surface area contributed by atoms with Crippen molar-refractivity contribution in [2.24, 2.45) is 0 Å². The van der Waals surface area contributed by atoms with Crippen LogP contribution in [0.25, 0.3) is 0 Å². The number of ether oxygens (including phenoxy) is 2. The highest BCUT2D eigenvalue weighted by atomic mass is 19.4. The first-order chi connectivity index (χ1) is 8.56. The highest BCUT2D eigenvalue weighted by molar-refractivity contribution is 5.86. The summed E-state index contributed by atoms with van der Waals surface area (Å²) in [7, 11) is 0. The molecule has 0 saturated heterocycles. The zero-order valence-electron chi connectivity index (χ0n) is 9.92. The third kappa shape index (κ3) is 4.51. The van der Waals surface area contributed by atoms with Crippen LogP contribution >= 0.6 is 0 Å². The molecule has 0 aliphatic carbocycles. The van der Waals surface area contributed by atoms with Crippen molar-refractivity contribution in [3.05, 3.63) is 12.2 Å². The van der Waals surface area contributed by atoms with Crippen LogP contribution in [0.1, 0.15) is 6.92 Å². The van der Waals surface area contributed by atoms with Gasteiger partial charge in [0.25, 0.3) is 5.60 Å². The van der Waals surface area contributed by atoms with Crippen LogP contribution in [0.3, 0.4) is 0 Å². The Hall–Kier alpha value is -1.64. The first-order valence-corrected chi connectivity index (χ1v) is 4.91. The van der Waals surface area contributed by atoms with Crippen molar-refractivity contribution in [3.63, 3.8) is 0 Å². The van der Waals surface area contributed by atoms with Gasteiger partial charge < -0.3 is 14.6 Å². The molecular formula is C10H12F4O5. The smallest absolute Gasteiger partial charge is 0.430 e. The largest absolute Gasteiger partial charge is 0.460 e. The van der Waals surface area contributed by atoms with Gasteiger partial charge in [0.1, 0.15) is 19.9 Å². The predicted molar refractivity (Wildman–Crippen MR) is 53.7 cm³/mol. The second kappa shape index (κ2) is 6.50. The lowest BCUT2D eigenvalue weighted by Gasteiger charge is -2.24. The summed E-state index contributed by atoms with van der Waals surface area (Å²) in [5.74, 6) is -3.03. The van der Waals surface area contributed by atoms with Crippen molar-refractivity contribution < 1.29 is 41.7 Å². The van der Waals surface area contributed by atoms with Crippen LogP contribution in [0.5, 0.6) is 0 Å². The van der Waals surface area contributed by atoms with Crippen LogP contribution in [0.2, 0.25) is 0 Å². The lowest BCUT2D eigenvalue weighted by molar-refractivity contribution is -0.266. The number of esters is 2. The third-order valence-corrected chi connectivity index (χ3v) is 1.90. The SMILES string of the molecule is C=C(C)C(=O)OCCOC(=O)C(O)(CF)C(F)(F)F. The molecule has 1 atom stereocenters. The molecule has 19 heavy (non-hydrogen) atoms. The summed E-state index contributed by atoms with van der Waals surface area (Å²) < 4.78 is 57.2. The lowest BCUT2D eigenvalue weighted by atomic mass is 10.1. The average molecular weight is 288 g/mol. The van der Waals surface area contributed by atoms with Crippen LogP contribution in [-0.2, 0) is 19.1 Å². The van der Waals surface area contributed by atoms with Gasteiger partial charge in [-0.25, -0.2) is 14.0 Å². The molecule has 1 N–H and O–H groups in total. The van der Waals surface area contributed by atoms with E-state index in [1.165, 1.54) is 6.92 Å². The summed E-state index contributed by atoms with van der Waals surface area (Å²) in [5.41, 5.74) is -4.17. The molecule has 0 spiro atoms. The van der Waals surface area contributed by atoms with E-state index in [0.717, 1.165) is 0 Å². The molecule has 0 amide bonds. The lowest BCUT2D eigenvalue weighted by Crippen LogP contribution is -2.55. The van der Waals surface area contributed by atoms with Crippen molar-refractivity contribution in [2.45, 2.75) is 18.7 Å².